The van der Waals surface area contributed by atoms with E-state index in [4.69, 9.17) is 4.74 Å². The number of rotatable bonds is 8. The van der Waals surface area contributed by atoms with Crippen molar-refractivity contribution >= 4 is 29.9 Å². The summed E-state index contributed by atoms with van der Waals surface area (Å²) in [7, 11) is 1.86. The van der Waals surface area contributed by atoms with Gasteiger partial charge in [-0.2, -0.15) is 0 Å². The first-order chi connectivity index (χ1) is 14.7. The lowest BCUT2D eigenvalue weighted by molar-refractivity contribution is -0.0265. The molecule has 2 aliphatic heterocycles. The zero-order valence-corrected chi connectivity index (χ0v) is 22.1. The van der Waals surface area contributed by atoms with Crippen LogP contribution in [0.5, 0.6) is 0 Å². The van der Waals surface area contributed by atoms with Crippen LogP contribution in [0.3, 0.4) is 0 Å². The second-order valence-electron chi connectivity index (χ2n) is 9.24. The Balaban J connectivity index is 0.00000341. The quantitative estimate of drug-likeness (QED) is 0.215. The van der Waals surface area contributed by atoms with E-state index in [0.29, 0.717) is 5.92 Å². The molecule has 2 saturated heterocycles. The minimum atomic E-state index is 0. The fourth-order valence-electron chi connectivity index (χ4n) is 4.78. The van der Waals surface area contributed by atoms with Gasteiger partial charge in [-0.3, -0.25) is 4.99 Å². The summed E-state index contributed by atoms with van der Waals surface area (Å²) in [5.41, 5.74) is 2.59. The van der Waals surface area contributed by atoms with Gasteiger partial charge in [0, 0.05) is 39.2 Å². The van der Waals surface area contributed by atoms with Crippen molar-refractivity contribution in [1.29, 1.82) is 0 Å². The number of hydrogen-bond acceptors (Lipinski definition) is 3. The molecule has 1 aromatic rings. The summed E-state index contributed by atoms with van der Waals surface area (Å²) in [6.45, 7) is 11.0. The van der Waals surface area contributed by atoms with Crippen LogP contribution < -0.4 is 10.6 Å². The summed E-state index contributed by atoms with van der Waals surface area (Å²) in [5, 5.41) is 7.04. The van der Waals surface area contributed by atoms with Gasteiger partial charge in [-0.05, 0) is 70.0 Å². The van der Waals surface area contributed by atoms with Gasteiger partial charge in [0.25, 0.3) is 0 Å². The minimum absolute atomic E-state index is 0. The third-order valence-electron chi connectivity index (χ3n) is 6.54. The highest BCUT2D eigenvalue weighted by molar-refractivity contribution is 14.0. The van der Waals surface area contributed by atoms with Crippen molar-refractivity contribution < 1.29 is 4.74 Å². The van der Waals surface area contributed by atoms with E-state index < -0.39 is 0 Å². The van der Waals surface area contributed by atoms with Crippen LogP contribution in [0.4, 0.5) is 0 Å². The van der Waals surface area contributed by atoms with Gasteiger partial charge < -0.3 is 20.3 Å². The third-order valence-corrected chi connectivity index (χ3v) is 6.54. The molecule has 2 heterocycles. The number of likely N-dealkylation sites (tertiary alicyclic amines) is 1. The van der Waals surface area contributed by atoms with Crippen LogP contribution in [0, 0.1) is 18.8 Å². The van der Waals surface area contributed by atoms with Crippen LogP contribution in [-0.2, 0) is 4.74 Å². The Bertz CT molecular complexity index is 651. The molecule has 0 aromatic heterocycles. The van der Waals surface area contributed by atoms with Crippen LogP contribution in [0.15, 0.2) is 29.3 Å². The molecular weight excluding hydrogens is 499 g/mol. The molecule has 0 saturated carbocycles. The minimum Gasteiger partial charge on any atom is -0.373 e. The van der Waals surface area contributed by atoms with E-state index in [1.54, 1.807) is 0 Å². The van der Waals surface area contributed by atoms with Gasteiger partial charge in [0.05, 0.1) is 6.10 Å². The van der Waals surface area contributed by atoms with Crippen LogP contribution in [0.2, 0.25) is 0 Å². The van der Waals surface area contributed by atoms with Crippen molar-refractivity contribution in [1.82, 2.24) is 15.5 Å². The Hall–Kier alpha value is -0.860. The first-order valence-corrected chi connectivity index (χ1v) is 12.0. The normalized spacial score (nSPS) is 25.0. The zero-order valence-electron chi connectivity index (χ0n) is 19.7. The molecule has 2 N–H and O–H groups in total. The number of guanidine groups is 1. The SMILES string of the molecule is CN=C(NCCCCN1CCCC(C)C1)NCC1CCCOC1c1ccc(C)cc1.I. The van der Waals surface area contributed by atoms with Gasteiger partial charge in [-0.1, -0.05) is 36.8 Å². The summed E-state index contributed by atoms with van der Waals surface area (Å²) in [5.74, 6) is 2.25. The molecule has 0 aliphatic carbocycles. The van der Waals surface area contributed by atoms with E-state index in [1.165, 1.54) is 62.9 Å². The van der Waals surface area contributed by atoms with Gasteiger partial charge >= 0.3 is 0 Å². The molecule has 0 amide bonds. The standard InChI is InChI=1S/C25H42N4O.HI/c1-20-10-12-22(13-11-20)24-23(9-7-17-30-24)18-28-25(26-3)27-14-4-5-15-29-16-6-8-21(2)19-29;/h10-13,21,23-24H,4-9,14-19H2,1-3H3,(H2,26,27,28);1H. The number of aryl methyl sites for hydroxylation is 1. The van der Waals surface area contributed by atoms with E-state index >= 15 is 0 Å². The molecule has 31 heavy (non-hydrogen) atoms. The Morgan fingerprint density at radius 1 is 1.13 bits per heavy atom. The summed E-state index contributed by atoms with van der Waals surface area (Å²) >= 11 is 0. The summed E-state index contributed by atoms with van der Waals surface area (Å²) in [4.78, 5) is 7.06. The topological polar surface area (TPSA) is 48.9 Å². The van der Waals surface area contributed by atoms with Crippen molar-refractivity contribution in [3.05, 3.63) is 35.4 Å². The largest absolute Gasteiger partial charge is 0.373 e. The van der Waals surface area contributed by atoms with Crippen LogP contribution in [-0.4, -0.2) is 57.2 Å². The maximum absolute atomic E-state index is 6.16. The van der Waals surface area contributed by atoms with Crippen molar-refractivity contribution in [3.8, 4) is 0 Å². The van der Waals surface area contributed by atoms with E-state index in [2.05, 4.69) is 58.6 Å². The number of nitrogens with zero attached hydrogens (tertiary/aromatic N) is 2. The molecule has 3 rings (SSSR count). The second kappa shape index (κ2) is 14.3. The molecule has 1 aromatic carbocycles. The highest BCUT2D eigenvalue weighted by Gasteiger charge is 2.27. The lowest BCUT2D eigenvalue weighted by Crippen LogP contribution is -2.42. The number of nitrogens with one attached hydrogen (secondary N) is 2. The number of ether oxygens (including phenoxy) is 1. The Morgan fingerprint density at radius 3 is 2.68 bits per heavy atom. The lowest BCUT2D eigenvalue weighted by Gasteiger charge is -2.32. The van der Waals surface area contributed by atoms with Gasteiger partial charge in [-0.25, -0.2) is 0 Å². The number of halogens is 1. The predicted octanol–water partition coefficient (Wildman–Crippen LogP) is 4.76. The second-order valence-corrected chi connectivity index (χ2v) is 9.24. The first-order valence-electron chi connectivity index (χ1n) is 12.0. The Kier molecular flexibility index (Phi) is 12.2. The maximum atomic E-state index is 6.16. The molecule has 3 atom stereocenters. The molecule has 6 heteroatoms. The van der Waals surface area contributed by atoms with E-state index in [0.717, 1.165) is 38.0 Å². The van der Waals surface area contributed by atoms with E-state index in [-0.39, 0.29) is 30.1 Å². The van der Waals surface area contributed by atoms with Crippen molar-refractivity contribution in [3.63, 3.8) is 0 Å². The molecule has 3 unspecified atom stereocenters. The van der Waals surface area contributed by atoms with Crippen LogP contribution in [0.25, 0.3) is 0 Å². The van der Waals surface area contributed by atoms with Crippen molar-refractivity contribution in [2.75, 3.05) is 46.4 Å². The fourth-order valence-corrected chi connectivity index (χ4v) is 4.78. The Labute approximate surface area is 206 Å². The molecule has 2 aliphatic rings. The number of aliphatic imine (C=N–C) groups is 1. The molecule has 5 nitrogen and oxygen atoms in total. The predicted molar refractivity (Wildman–Crippen MR) is 141 cm³/mol. The van der Waals surface area contributed by atoms with Gasteiger partial charge in [0.15, 0.2) is 5.96 Å². The molecular formula is C25H43IN4O. The van der Waals surface area contributed by atoms with Gasteiger partial charge in [0.1, 0.15) is 0 Å². The fraction of sp³-hybridized carbons (Fsp3) is 0.720. The van der Waals surface area contributed by atoms with Crippen LogP contribution >= 0.6 is 24.0 Å². The number of benzene rings is 1. The lowest BCUT2D eigenvalue weighted by atomic mass is 9.89. The average Bonchev–Trinajstić information content (AvgIpc) is 2.76. The molecule has 0 radical (unpaired) electrons. The summed E-state index contributed by atoms with van der Waals surface area (Å²) < 4.78 is 6.16. The monoisotopic (exact) mass is 542 g/mol. The molecule has 2 fully saturated rings. The zero-order chi connectivity index (χ0) is 21.2. The molecule has 0 spiro atoms. The molecule has 176 valence electrons. The van der Waals surface area contributed by atoms with E-state index in [9.17, 15) is 0 Å². The van der Waals surface area contributed by atoms with Gasteiger partial charge in [-0.15, -0.1) is 24.0 Å². The number of hydrogen-bond donors (Lipinski definition) is 2. The smallest absolute Gasteiger partial charge is 0.190 e. The molecule has 0 bridgehead atoms. The number of piperidine rings is 1. The maximum Gasteiger partial charge on any atom is 0.190 e. The van der Waals surface area contributed by atoms with Crippen LogP contribution in [0.1, 0.15) is 62.7 Å². The first kappa shape index (κ1) is 26.4. The van der Waals surface area contributed by atoms with Gasteiger partial charge in [0.2, 0.25) is 0 Å². The highest BCUT2D eigenvalue weighted by Crippen LogP contribution is 2.33. The van der Waals surface area contributed by atoms with E-state index in [1.807, 2.05) is 7.05 Å². The average molecular weight is 543 g/mol. The van der Waals surface area contributed by atoms with Crippen molar-refractivity contribution in [2.24, 2.45) is 16.8 Å². The highest BCUT2D eigenvalue weighted by atomic mass is 127. The van der Waals surface area contributed by atoms with Crippen molar-refractivity contribution in [2.45, 2.75) is 58.5 Å². The number of unbranched alkanes of at least 4 members (excludes halogenated alkanes) is 1. The third kappa shape index (κ3) is 8.89. The Morgan fingerprint density at radius 2 is 1.94 bits per heavy atom. The summed E-state index contributed by atoms with van der Waals surface area (Å²) in [6.07, 6.45) is 7.71. The summed E-state index contributed by atoms with van der Waals surface area (Å²) in [6, 6.07) is 8.80.